The van der Waals surface area contributed by atoms with Gasteiger partial charge in [0.05, 0.1) is 23.8 Å². The standard InChI is InChI=1S/C24H19N3O/c1-16-7-9-17(10-8-16)23-21-15-25-22-6-4-3-5-20(22)24(21)27(26-23)18-11-13-19(28-2)14-12-18/h3-15H,1-2H3. The van der Waals surface area contributed by atoms with Crippen LogP contribution in [0.15, 0.2) is 79.0 Å². The molecule has 0 bridgehead atoms. The second-order valence-electron chi connectivity index (χ2n) is 6.86. The molecule has 4 heteroatoms. The Balaban J connectivity index is 1.84. The monoisotopic (exact) mass is 365 g/mol. The van der Waals surface area contributed by atoms with Crippen molar-refractivity contribution in [1.82, 2.24) is 14.8 Å². The molecule has 4 nitrogen and oxygen atoms in total. The molecule has 3 aromatic carbocycles. The van der Waals surface area contributed by atoms with Crippen molar-refractivity contribution in [2.75, 3.05) is 7.11 Å². The van der Waals surface area contributed by atoms with E-state index >= 15 is 0 Å². The lowest BCUT2D eigenvalue weighted by atomic mass is 10.1. The summed E-state index contributed by atoms with van der Waals surface area (Å²) in [6, 6.07) is 24.6. The van der Waals surface area contributed by atoms with E-state index in [-0.39, 0.29) is 0 Å². The molecular formula is C24H19N3O. The first-order valence-corrected chi connectivity index (χ1v) is 9.22. The van der Waals surface area contributed by atoms with Gasteiger partial charge in [-0.2, -0.15) is 5.10 Å². The molecule has 0 aliphatic rings. The lowest BCUT2D eigenvalue weighted by Crippen LogP contribution is -1.97. The van der Waals surface area contributed by atoms with Gasteiger partial charge in [-0.25, -0.2) is 4.68 Å². The molecule has 28 heavy (non-hydrogen) atoms. The van der Waals surface area contributed by atoms with Gasteiger partial charge in [0.25, 0.3) is 0 Å². The topological polar surface area (TPSA) is 39.9 Å². The Morgan fingerprint density at radius 3 is 2.32 bits per heavy atom. The molecule has 5 rings (SSSR count). The molecule has 0 unspecified atom stereocenters. The summed E-state index contributed by atoms with van der Waals surface area (Å²) in [5.41, 5.74) is 6.25. The van der Waals surface area contributed by atoms with E-state index in [0.717, 1.165) is 44.5 Å². The number of aryl methyl sites for hydroxylation is 1. The van der Waals surface area contributed by atoms with Crippen LogP contribution in [0, 0.1) is 6.92 Å². The van der Waals surface area contributed by atoms with Gasteiger partial charge in [0.15, 0.2) is 0 Å². The first kappa shape index (κ1) is 16.5. The normalized spacial score (nSPS) is 11.2. The Kier molecular flexibility index (Phi) is 3.83. The summed E-state index contributed by atoms with van der Waals surface area (Å²) in [6.45, 7) is 2.09. The summed E-state index contributed by atoms with van der Waals surface area (Å²) in [4.78, 5) is 4.67. The Hall–Kier alpha value is -3.66. The number of fused-ring (bicyclic) bond motifs is 3. The summed E-state index contributed by atoms with van der Waals surface area (Å²) in [5, 5.41) is 7.13. The number of pyridine rings is 1. The molecule has 2 heterocycles. The lowest BCUT2D eigenvalue weighted by molar-refractivity contribution is 0.414. The van der Waals surface area contributed by atoms with E-state index in [1.807, 2.05) is 53.3 Å². The van der Waals surface area contributed by atoms with E-state index in [1.54, 1.807) is 7.11 Å². The van der Waals surface area contributed by atoms with Gasteiger partial charge >= 0.3 is 0 Å². The molecule has 0 aliphatic carbocycles. The molecule has 0 N–H and O–H groups in total. The summed E-state index contributed by atoms with van der Waals surface area (Å²) in [6.07, 6.45) is 1.93. The van der Waals surface area contributed by atoms with E-state index in [0.29, 0.717) is 0 Å². The van der Waals surface area contributed by atoms with Crippen molar-refractivity contribution in [3.63, 3.8) is 0 Å². The molecule has 0 fully saturated rings. The van der Waals surface area contributed by atoms with Crippen molar-refractivity contribution < 1.29 is 4.74 Å². The number of aromatic nitrogens is 3. The highest BCUT2D eigenvalue weighted by molar-refractivity contribution is 6.08. The second kappa shape index (κ2) is 6.50. The molecule has 0 saturated carbocycles. The van der Waals surface area contributed by atoms with Crippen LogP contribution in [0.1, 0.15) is 5.56 Å². The van der Waals surface area contributed by atoms with Crippen LogP contribution in [0.5, 0.6) is 5.75 Å². The lowest BCUT2D eigenvalue weighted by Gasteiger charge is -2.07. The minimum Gasteiger partial charge on any atom is -0.497 e. The molecule has 0 saturated heterocycles. The van der Waals surface area contributed by atoms with Gasteiger partial charge in [0.2, 0.25) is 0 Å². The largest absolute Gasteiger partial charge is 0.497 e. The van der Waals surface area contributed by atoms with Crippen molar-refractivity contribution in [2.24, 2.45) is 0 Å². The number of nitrogens with zero attached hydrogens (tertiary/aromatic N) is 3. The Morgan fingerprint density at radius 1 is 0.821 bits per heavy atom. The van der Waals surface area contributed by atoms with Crippen LogP contribution in [-0.4, -0.2) is 21.9 Å². The van der Waals surface area contributed by atoms with Gasteiger partial charge in [-0.3, -0.25) is 4.98 Å². The minimum absolute atomic E-state index is 0.825. The fraction of sp³-hybridized carbons (Fsp3) is 0.0833. The Labute approximate surface area is 163 Å². The maximum Gasteiger partial charge on any atom is 0.119 e. The first-order chi connectivity index (χ1) is 13.7. The summed E-state index contributed by atoms with van der Waals surface area (Å²) < 4.78 is 7.32. The quantitative estimate of drug-likeness (QED) is 0.420. The van der Waals surface area contributed by atoms with Crippen LogP contribution >= 0.6 is 0 Å². The number of hydrogen-bond donors (Lipinski definition) is 0. The molecule has 5 aromatic rings. The molecule has 0 radical (unpaired) electrons. The van der Waals surface area contributed by atoms with Crippen LogP contribution in [0.4, 0.5) is 0 Å². The van der Waals surface area contributed by atoms with Gasteiger partial charge in [0.1, 0.15) is 11.4 Å². The van der Waals surface area contributed by atoms with Crippen molar-refractivity contribution in [1.29, 1.82) is 0 Å². The average Bonchev–Trinajstić information content (AvgIpc) is 3.14. The number of methoxy groups -OCH3 is 1. The number of rotatable bonds is 3. The van der Waals surface area contributed by atoms with Crippen LogP contribution < -0.4 is 4.74 Å². The molecule has 0 atom stereocenters. The van der Waals surface area contributed by atoms with Crippen LogP contribution in [-0.2, 0) is 0 Å². The molecule has 0 aliphatic heterocycles. The highest BCUT2D eigenvalue weighted by atomic mass is 16.5. The zero-order valence-corrected chi connectivity index (χ0v) is 15.8. The number of benzene rings is 3. The molecule has 136 valence electrons. The zero-order valence-electron chi connectivity index (χ0n) is 15.8. The molecule has 2 aromatic heterocycles. The average molecular weight is 365 g/mol. The van der Waals surface area contributed by atoms with E-state index in [9.17, 15) is 0 Å². The highest BCUT2D eigenvalue weighted by Crippen LogP contribution is 2.34. The molecule has 0 spiro atoms. The third kappa shape index (κ3) is 2.62. The molecular weight excluding hydrogens is 346 g/mol. The van der Waals surface area contributed by atoms with Gasteiger partial charge < -0.3 is 4.74 Å². The third-order valence-electron chi connectivity index (χ3n) is 5.06. The second-order valence-corrected chi connectivity index (χ2v) is 6.86. The van der Waals surface area contributed by atoms with Gasteiger partial charge in [-0.05, 0) is 37.3 Å². The Bertz CT molecular complexity index is 1290. The van der Waals surface area contributed by atoms with Crippen molar-refractivity contribution in [2.45, 2.75) is 6.92 Å². The van der Waals surface area contributed by atoms with Crippen LogP contribution in [0.25, 0.3) is 38.8 Å². The van der Waals surface area contributed by atoms with E-state index in [2.05, 4.69) is 42.2 Å². The minimum atomic E-state index is 0.825. The predicted octanol–water partition coefficient (Wildman–Crippen LogP) is 5.56. The van der Waals surface area contributed by atoms with Gasteiger partial charge in [0, 0.05) is 22.5 Å². The number of para-hydroxylation sites is 1. The van der Waals surface area contributed by atoms with Crippen LogP contribution in [0.2, 0.25) is 0 Å². The first-order valence-electron chi connectivity index (χ1n) is 9.22. The fourth-order valence-corrected chi connectivity index (χ4v) is 3.57. The Morgan fingerprint density at radius 2 is 1.57 bits per heavy atom. The summed E-state index contributed by atoms with van der Waals surface area (Å²) in [7, 11) is 1.67. The fourth-order valence-electron chi connectivity index (χ4n) is 3.57. The van der Waals surface area contributed by atoms with E-state index < -0.39 is 0 Å². The van der Waals surface area contributed by atoms with Gasteiger partial charge in [-0.15, -0.1) is 0 Å². The predicted molar refractivity (Wildman–Crippen MR) is 113 cm³/mol. The number of hydrogen-bond acceptors (Lipinski definition) is 3. The summed E-state index contributed by atoms with van der Waals surface area (Å²) >= 11 is 0. The molecule has 0 amide bonds. The van der Waals surface area contributed by atoms with Gasteiger partial charge in [-0.1, -0.05) is 48.0 Å². The SMILES string of the molecule is COc1ccc(-n2nc(-c3ccc(C)cc3)c3cnc4ccccc4c32)cc1. The summed E-state index contributed by atoms with van der Waals surface area (Å²) in [5.74, 6) is 0.825. The van der Waals surface area contributed by atoms with Crippen molar-refractivity contribution >= 4 is 21.8 Å². The van der Waals surface area contributed by atoms with Crippen molar-refractivity contribution in [3.8, 4) is 22.7 Å². The number of ether oxygens (including phenoxy) is 1. The maximum absolute atomic E-state index is 5.31. The zero-order chi connectivity index (χ0) is 19.1. The van der Waals surface area contributed by atoms with Crippen molar-refractivity contribution in [3.05, 3.63) is 84.6 Å². The smallest absolute Gasteiger partial charge is 0.119 e. The van der Waals surface area contributed by atoms with E-state index in [1.165, 1.54) is 5.56 Å². The maximum atomic E-state index is 5.31. The highest BCUT2D eigenvalue weighted by Gasteiger charge is 2.17. The van der Waals surface area contributed by atoms with Crippen LogP contribution in [0.3, 0.4) is 0 Å². The van der Waals surface area contributed by atoms with E-state index in [4.69, 9.17) is 9.84 Å². The third-order valence-corrected chi connectivity index (χ3v) is 5.06.